The van der Waals surface area contributed by atoms with Crippen molar-refractivity contribution in [2.45, 2.75) is 38.2 Å². The van der Waals surface area contributed by atoms with Gasteiger partial charge in [-0.3, -0.25) is 4.79 Å². The van der Waals surface area contributed by atoms with Crippen molar-refractivity contribution in [2.24, 2.45) is 5.92 Å². The third-order valence-electron chi connectivity index (χ3n) is 3.67. The highest BCUT2D eigenvalue weighted by Gasteiger charge is 2.40. The van der Waals surface area contributed by atoms with E-state index in [-0.39, 0.29) is 11.9 Å². The van der Waals surface area contributed by atoms with Gasteiger partial charge in [0.25, 0.3) is 0 Å². The van der Waals surface area contributed by atoms with Crippen molar-refractivity contribution < 1.29 is 13.6 Å². The van der Waals surface area contributed by atoms with E-state index in [0.29, 0.717) is 11.5 Å². The molecule has 108 valence electrons. The summed E-state index contributed by atoms with van der Waals surface area (Å²) in [6.45, 7) is 5.26. The maximum Gasteiger partial charge on any atom is 0.239 e. The van der Waals surface area contributed by atoms with E-state index in [1.165, 1.54) is 5.56 Å². The van der Waals surface area contributed by atoms with Crippen LogP contribution in [0.25, 0.3) is 0 Å². The predicted octanol–water partition coefficient (Wildman–Crippen LogP) is 3.51. The second kappa shape index (κ2) is 6.16. The van der Waals surface area contributed by atoms with Gasteiger partial charge in [-0.2, -0.15) is 0 Å². The van der Waals surface area contributed by atoms with Crippen molar-refractivity contribution in [3.63, 3.8) is 0 Å². The van der Waals surface area contributed by atoms with Gasteiger partial charge in [0.05, 0.1) is 5.92 Å². The lowest BCUT2D eigenvalue weighted by atomic mass is 9.97. The number of carbonyl (C=O) groups excluding carboxylic acids is 1. The lowest BCUT2D eigenvalue weighted by Gasteiger charge is -2.16. The molecule has 2 rings (SSSR count). The number of nitrogens with one attached hydrogen (secondary N) is 1. The van der Waals surface area contributed by atoms with E-state index in [9.17, 15) is 13.6 Å². The van der Waals surface area contributed by atoms with Gasteiger partial charge in [0.15, 0.2) is 0 Å². The lowest BCUT2D eigenvalue weighted by molar-refractivity contribution is -0.125. The van der Waals surface area contributed by atoms with E-state index < -0.39 is 18.8 Å². The maximum absolute atomic E-state index is 12.5. The molecular formula is C16H19F2NO. The summed E-state index contributed by atoms with van der Waals surface area (Å²) in [5, 5.41) is 2.86. The minimum absolute atomic E-state index is 0.0597. The number of hydrogen-bond acceptors (Lipinski definition) is 1. The van der Waals surface area contributed by atoms with Crippen LogP contribution in [-0.4, -0.2) is 18.4 Å². The van der Waals surface area contributed by atoms with Crippen LogP contribution in [0.5, 0.6) is 0 Å². The maximum atomic E-state index is 12.5. The van der Waals surface area contributed by atoms with Crippen molar-refractivity contribution in [2.75, 3.05) is 0 Å². The van der Waals surface area contributed by atoms with E-state index in [4.69, 9.17) is 0 Å². The molecule has 0 bridgehead atoms. The van der Waals surface area contributed by atoms with Crippen molar-refractivity contribution in [1.82, 2.24) is 5.32 Å². The zero-order chi connectivity index (χ0) is 14.7. The van der Waals surface area contributed by atoms with Crippen LogP contribution in [0.2, 0.25) is 0 Å². The Morgan fingerprint density at radius 3 is 2.60 bits per heavy atom. The predicted molar refractivity (Wildman–Crippen MR) is 74.7 cm³/mol. The first-order valence-corrected chi connectivity index (χ1v) is 6.78. The summed E-state index contributed by atoms with van der Waals surface area (Å²) in [6.07, 6.45) is -2.08. The highest BCUT2D eigenvalue weighted by Crippen LogP contribution is 2.40. The Balaban J connectivity index is 1.91. The van der Waals surface area contributed by atoms with Gasteiger partial charge >= 0.3 is 0 Å². The number of hydrogen-bond donors (Lipinski definition) is 1. The van der Waals surface area contributed by atoms with Crippen LogP contribution >= 0.6 is 0 Å². The second-order valence-electron chi connectivity index (χ2n) is 5.39. The van der Waals surface area contributed by atoms with E-state index in [0.717, 1.165) is 6.42 Å². The first kappa shape index (κ1) is 14.7. The molecule has 4 heteroatoms. The minimum Gasteiger partial charge on any atom is -0.352 e. The standard InChI is InChI=1S/C16H19F2NO/c1-10(2)12(9-15(17)18)16(20)19-14-8-13(14)11-6-4-3-5-7-11/h3-7,12-15H,1,8-9H2,2H3,(H,19,20)/t12-,13-,14-/m1/s1. The molecule has 1 N–H and O–H groups in total. The van der Waals surface area contributed by atoms with Crippen LogP contribution in [0.1, 0.15) is 31.2 Å². The quantitative estimate of drug-likeness (QED) is 0.793. The molecule has 0 spiro atoms. The molecule has 0 radical (unpaired) electrons. The Kier molecular flexibility index (Phi) is 4.53. The number of halogens is 2. The minimum atomic E-state index is -2.49. The van der Waals surface area contributed by atoms with Crippen LogP contribution < -0.4 is 5.32 Å². The average Bonchev–Trinajstić information content (AvgIpc) is 3.15. The van der Waals surface area contributed by atoms with Gasteiger partial charge in [0.1, 0.15) is 0 Å². The number of alkyl halides is 2. The molecule has 2 nitrogen and oxygen atoms in total. The summed E-state index contributed by atoms with van der Waals surface area (Å²) in [7, 11) is 0. The number of carbonyl (C=O) groups is 1. The summed E-state index contributed by atoms with van der Waals surface area (Å²) in [4.78, 5) is 12.0. The second-order valence-corrected chi connectivity index (χ2v) is 5.39. The molecule has 0 aliphatic heterocycles. The SMILES string of the molecule is C=C(C)[C@@H](CC(F)F)C(=O)N[C@@H]1C[C@@H]1c1ccccc1. The van der Waals surface area contributed by atoms with Crippen molar-refractivity contribution in [3.05, 3.63) is 48.0 Å². The molecule has 3 atom stereocenters. The van der Waals surface area contributed by atoms with Gasteiger partial charge in [-0.25, -0.2) is 8.78 Å². The molecular weight excluding hydrogens is 260 g/mol. The zero-order valence-electron chi connectivity index (χ0n) is 11.5. The molecule has 1 saturated carbocycles. The number of benzene rings is 1. The Morgan fingerprint density at radius 1 is 1.40 bits per heavy atom. The fourth-order valence-electron chi connectivity index (χ4n) is 2.42. The van der Waals surface area contributed by atoms with Gasteiger partial charge in [0.2, 0.25) is 12.3 Å². The van der Waals surface area contributed by atoms with E-state index in [1.54, 1.807) is 6.92 Å². The van der Waals surface area contributed by atoms with Gasteiger partial charge in [0, 0.05) is 18.4 Å². The third-order valence-corrected chi connectivity index (χ3v) is 3.67. The normalized spacial score (nSPS) is 22.4. The highest BCUT2D eigenvalue weighted by molar-refractivity contribution is 5.82. The molecule has 1 fully saturated rings. The molecule has 0 saturated heterocycles. The van der Waals surface area contributed by atoms with Gasteiger partial charge in [-0.1, -0.05) is 42.5 Å². The first-order valence-electron chi connectivity index (χ1n) is 6.78. The molecule has 1 amide bonds. The number of rotatable bonds is 6. The van der Waals surface area contributed by atoms with Gasteiger partial charge < -0.3 is 5.32 Å². The Bertz CT molecular complexity index is 487. The van der Waals surface area contributed by atoms with Crippen molar-refractivity contribution in [1.29, 1.82) is 0 Å². The molecule has 1 aromatic carbocycles. The van der Waals surface area contributed by atoms with Crippen LogP contribution in [0.3, 0.4) is 0 Å². The van der Waals surface area contributed by atoms with Gasteiger partial charge in [-0.15, -0.1) is 0 Å². The topological polar surface area (TPSA) is 29.1 Å². The smallest absolute Gasteiger partial charge is 0.239 e. The molecule has 0 heterocycles. The van der Waals surface area contributed by atoms with E-state index >= 15 is 0 Å². The molecule has 20 heavy (non-hydrogen) atoms. The van der Waals surface area contributed by atoms with Crippen LogP contribution in [0.4, 0.5) is 8.78 Å². The molecule has 0 unspecified atom stereocenters. The summed E-state index contributed by atoms with van der Waals surface area (Å²) >= 11 is 0. The summed E-state index contributed by atoms with van der Waals surface area (Å²) in [6, 6.07) is 9.96. The fraction of sp³-hybridized carbons (Fsp3) is 0.438. The molecule has 1 aliphatic rings. The third kappa shape index (κ3) is 3.65. The zero-order valence-corrected chi connectivity index (χ0v) is 11.5. The molecule has 0 aromatic heterocycles. The van der Waals surface area contributed by atoms with Crippen LogP contribution in [0, 0.1) is 5.92 Å². The lowest BCUT2D eigenvalue weighted by Crippen LogP contribution is -2.34. The van der Waals surface area contributed by atoms with Crippen molar-refractivity contribution >= 4 is 5.91 Å². The van der Waals surface area contributed by atoms with E-state index in [2.05, 4.69) is 11.9 Å². The Hall–Kier alpha value is -1.71. The summed E-state index contributed by atoms with van der Waals surface area (Å²) in [5.74, 6) is -0.828. The van der Waals surface area contributed by atoms with E-state index in [1.807, 2.05) is 30.3 Å². The van der Waals surface area contributed by atoms with Crippen molar-refractivity contribution in [3.8, 4) is 0 Å². The van der Waals surface area contributed by atoms with Crippen LogP contribution in [0.15, 0.2) is 42.5 Å². The van der Waals surface area contributed by atoms with Gasteiger partial charge in [-0.05, 0) is 18.9 Å². The highest BCUT2D eigenvalue weighted by atomic mass is 19.3. The summed E-state index contributed by atoms with van der Waals surface area (Å²) in [5.41, 5.74) is 1.67. The Labute approximate surface area is 117 Å². The summed E-state index contributed by atoms with van der Waals surface area (Å²) < 4.78 is 25.0. The van der Waals surface area contributed by atoms with Crippen LogP contribution in [-0.2, 0) is 4.79 Å². The average molecular weight is 279 g/mol. The first-order chi connectivity index (χ1) is 9.49. The largest absolute Gasteiger partial charge is 0.352 e. The Morgan fingerprint density at radius 2 is 2.05 bits per heavy atom. The molecule has 1 aromatic rings. The number of amides is 1. The monoisotopic (exact) mass is 279 g/mol. The molecule has 1 aliphatic carbocycles. The fourth-order valence-corrected chi connectivity index (χ4v) is 2.42.